The van der Waals surface area contributed by atoms with E-state index in [9.17, 15) is 4.79 Å². The zero-order valence-electron chi connectivity index (χ0n) is 7.29. The minimum absolute atomic E-state index is 0.209. The Bertz CT molecular complexity index is 381. The number of nitrogens with two attached hydrogens (primary N) is 1. The molecule has 5 heteroatoms. The number of benzene rings is 1. The summed E-state index contributed by atoms with van der Waals surface area (Å²) < 4.78 is 6.24. The molecule has 4 nitrogen and oxygen atoms in total. The van der Waals surface area contributed by atoms with Gasteiger partial charge in [0.15, 0.2) is 0 Å². The van der Waals surface area contributed by atoms with Gasteiger partial charge in [-0.05, 0) is 18.2 Å². The Morgan fingerprint density at radius 2 is 2.36 bits per heavy atom. The van der Waals surface area contributed by atoms with E-state index < -0.39 is 6.04 Å². The molecule has 74 valence electrons. The Labute approximate surface area is 89.6 Å². The number of halogens is 1. The van der Waals surface area contributed by atoms with Crippen molar-refractivity contribution in [2.75, 3.05) is 11.9 Å². The number of ether oxygens (including phenoxy) is 1. The van der Waals surface area contributed by atoms with Crippen molar-refractivity contribution in [1.82, 2.24) is 0 Å². The van der Waals surface area contributed by atoms with E-state index in [-0.39, 0.29) is 12.5 Å². The van der Waals surface area contributed by atoms with Crippen molar-refractivity contribution in [3.05, 3.63) is 22.7 Å². The molecular formula is C9H9BrN2O2. The van der Waals surface area contributed by atoms with Gasteiger partial charge in [-0.3, -0.25) is 4.79 Å². The maximum Gasteiger partial charge on any atom is 0.244 e. The third-order valence-corrected chi connectivity index (χ3v) is 2.45. The van der Waals surface area contributed by atoms with E-state index in [1.807, 2.05) is 6.07 Å². The summed E-state index contributed by atoms with van der Waals surface area (Å²) in [5, 5.41) is 2.69. The van der Waals surface area contributed by atoms with E-state index in [1.54, 1.807) is 12.1 Å². The molecule has 0 fully saturated rings. The molecule has 0 bridgehead atoms. The summed E-state index contributed by atoms with van der Waals surface area (Å²) in [4.78, 5) is 11.4. The Morgan fingerprint density at radius 3 is 3.14 bits per heavy atom. The molecule has 0 aliphatic carbocycles. The van der Waals surface area contributed by atoms with Gasteiger partial charge >= 0.3 is 0 Å². The molecule has 1 amide bonds. The van der Waals surface area contributed by atoms with Crippen LogP contribution in [-0.4, -0.2) is 18.6 Å². The summed E-state index contributed by atoms with van der Waals surface area (Å²) in [6, 6.07) is 4.81. The van der Waals surface area contributed by atoms with Crippen molar-refractivity contribution < 1.29 is 9.53 Å². The van der Waals surface area contributed by atoms with Gasteiger partial charge in [0.25, 0.3) is 0 Å². The molecule has 0 spiro atoms. The number of nitrogens with one attached hydrogen (secondary N) is 1. The third-order valence-electron chi connectivity index (χ3n) is 1.95. The molecule has 0 aromatic heterocycles. The number of anilines is 1. The van der Waals surface area contributed by atoms with Crippen LogP contribution in [0.1, 0.15) is 0 Å². The summed E-state index contributed by atoms with van der Waals surface area (Å²) in [5.41, 5.74) is 6.20. The average molecular weight is 257 g/mol. The normalized spacial score (nSPS) is 20.4. The van der Waals surface area contributed by atoms with Gasteiger partial charge in [0.05, 0.1) is 5.69 Å². The summed E-state index contributed by atoms with van der Waals surface area (Å²) >= 11 is 3.31. The van der Waals surface area contributed by atoms with Crippen LogP contribution < -0.4 is 15.8 Å². The lowest BCUT2D eigenvalue weighted by Crippen LogP contribution is -2.38. The van der Waals surface area contributed by atoms with E-state index in [0.717, 1.165) is 4.47 Å². The summed E-state index contributed by atoms with van der Waals surface area (Å²) in [6.07, 6.45) is 0. The lowest BCUT2D eigenvalue weighted by atomic mass is 10.3. The minimum Gasteiger partial charge on any atom is -0.489 e. The number of hydrogen-bond acceptors (Lipinski definition) is 3. The standard InChI is InChI=1S/C9H9BrN2O2/c10-5-1-2-8-7(3-5)12-9(13)6(11)4-14-8/h1-3,6H,4,11H2,(H,12,13)/t6-/m0/s1. The average Bonchev–Trinajstić information content (AvgIpc) is 2.27. The Balaban J connectivity index is 2.38. The largest absolute Gasteiger partial charge is 0.489 e. The topological polar surface area (TPSA) is 64.3 Å². The fourth-order valence-corrected chi connectivity index (χ4v) is 1.57. The number of carbonyl (C=O) groups is 1. The molecule has 1 aliphatic heterocycles. The summed E-state index contributed by atoms with van der Waals surface area (Å²) in [7, 11) is 0. The molecular weight excluding hydrogens is 248 g/mol. The fraction of sp³-hybridized carbons (Fsp3) is 0.222. The Hall–Kier alpha value is -1.07. The van der Waals surface area contributed by atoms with Crippen LogP contribution in [0, 0.1) is 0 Å². The predicted molar refractivity (Wildman–Crippen MR) is 56.2 cm³/mol. The Kier molecular flexibility index (Phi) is 2.43. The van der Waals surface area contributed by atoms with Gasteiger partial charge in [0.2, 0.25) is 5.91 Å². The predicted octanol–water partition coefficient (Wildman–Crippen LogP) is 1.11. The second-order valence-electron chi connectivity index (χ2n) is 3.05. The van der Waals surface area contributed by atoms with Gasteiger partial charge in [-0.25, -0.2) is 0 Å². The quantitative estimate of drug-likeness (QED) is 0.731. The second-order valence-corrected chi connectivity index (χ2v) is 3.96. The molecule has 1 aliphatic rings. The van der Waals surface area contributed by atoms with Gasteiger partial charge in [-0.1, -0.05) is 15.9 Å². The van der Waals surface area contributed by atoms with Crippen LogP contribution in [0.15, 0.2) is 22.7 Å². The van der Waals surface area contributed by atoms with E-state index >= 15 is 0 Å². The fourth-order valence-electron chi connectivity index (χ4n) is 1.21. The number of rotatable bonds is 0. The highest BCUT2D eigenvalue weighted by Gasteiger charge is 2.20. The van der Waals surface area contributed by atoms with Crippen LogP contribution in [0.2, 0.25) is 0 Å². The Morgan fingerprint density at radius 1 is 1.57 bits per heavy atom. The molecule has 1 aromatic carbocycles. The van der Waals surface area contributed by atoms with Crippen LogP contribution in [0.25, 0.3) is 0 Å². The first-order valence-corrected chi connectivity index (χ1v) is 4.95. The molecule has 0 unspecified atom stereocenters. The number of fused-ring (bicyclic) bond motifs is 1. The molecule has 1 heterocycles. The van der Waals surface area contributed by atoms with Gasteiger partial charge in [-0.2, -0.15) is 0 Å². The smallest absolute Gasteiger partial charge is 0.244 e. The van der Waals surface area contributed by atoms with Gasteiger partial charge in [0.1, 0.15) is 18.4 Å². The molecule has 0 radical (unpaired) electrons. The number of carbonyl (C=O) groups excluding carboxylic acids is 1. The van der Waals surface area contributed by atoms with Gasteiger partial charge < -0.3 is 15.8 Å². The van der Waals surface area contributed by atoms with Crippen LogP contribution in [-0.2, 0) is 4.79 Å². The molecule has 1 aromatic rings. The van der Waals surface area contributed by atoms with Crippen LogP contribution in [0.4, 0.5) is 5.69 Å². The van der Waals surface area contributed by atoms with Crippen LogP contribution >= 0.6 is 15.9 Å². The van der Waals surface area contributed by atoms with Crippen molar-refractivity contribution >= 4 is 27.5 Å². The lowest BCUT2D eigenvalue weighted by molar-refractivity contribution is -0.117. The number of amides is 1. The van der Waals surface area contributed by atoms with Crippen molar-refractivity contribution in [3.8, 4) is 5.75 Å². The maximum absolute atomic E-state index is 11.4. The van der Waals surface area contributed by atoms with E-state index in [0.29, 0.717) is 11.4 Å². The third kappa shape index (κ3) is 1.73. The second kappa shape index (κ2) is 3.59. The number of hydrogen-bond donors (Lipinski definition) is 2. The van der Waals surface area contributed by atoms with Crippen molar-refractivity contribution in [2.45, 2.75) is 6.04 Å². The zero-order valence-corrected chi connectivity index (χ0v) is 8.87. The van der Waals surface area contributed by atoms with Crippen LogP contribution in [0.5, 0.6) is 5.75 Å². The highest BCUT2D eigenvalue weighted by atomic mass is 79.9. The van der Waals surface area contributed by atoms with E-state index in [2.05, 4.69) is 21.2 Å². The van der Waals surface area contributed by atoms with Gasteiger partial charge in [0, 0.05) is 4.47 Å². The zero-order chi connectivity index (χ0) is 10.1. The van der Waals surface area contributed by atoms with Crippen molar-refractivity contribution in [2.24, 2.45) is 5.73 Å². The molecule has 2 rings (SSSR count). The lowest BCUT2D eigenvalue weighted by Gasteiger charge is -2.06. The first-order valence-electron chi connectivity index (χ1n) is 4.15. The highest BCUT2D eigenvalue weighted by Crippen LogP contribution is 2.29. The maximum atomic E-state index is 11.4. The molecule has 0 saturated carbocycles. The first-order chi connectivity index (χ1) is 6.66. The molecule has 3 N–H and O–H groups in total. The van der Waals surface area contributed by atoms with E-state index in [1.165, 1.54) is 0 Å². The van der Waals surface area contributed by atoms with Crippen molar-refractivity contribution in [1.29, 1.82) is 0 Å². The monoisotopic (exact) mass is 256 g/mol. The highest BCUT2D eigenvalue weighted by molar-refractivity contribution is 9.10. The molecule has 14 heavy (non-hydrogen) atoms. The SMILES string of the molecule is N[C@H]1COc2ccc(Br)cc2NC1=O. The summed E-state index contributed by atoms with van der Waals surface area (Å²) in [5.74, 6) is 0.427. The minimum atomic E-state index is -0.610. The van der Waals surface area contributed by atoms with Gasteiger partial charge in [-0.15, -0.1) is 0 Å². The van der Waals surface area contributed by atoms with Crippen LogP contribution in [0.3, 0.4) is 0 Å². The van der Waals surface area contributed by atoms with E-state index in [4.69, 9.17) is 10.5 Å². The first kappa shape index (κ1) is 9.48. The molecule has 1 atom stereocenters. The van der Waals surface area contributed by atoms with Crippen molar-refractivity contribution in [3.63, 3.8) is 0 Å². The summed E-state index contributed by atoms with van der Waals surface area (Å²) in [6.45, 7) is 0.209. The molecule has 0 saturated heterocycles.